The lowest BCUT2D eigenvalue weighted by Gasteiger charge is -2.45. The van der Waals surface area contributed by atoms with Crippen LogP contribution in [0.4, 0.5) is 6.01 Å². The lowest BCUT2D eigenvalue weighted by molar-refractivity contribution is 0.00988. The number of benzene rings is 1. The average molecular weight is 259 g/mol. The lowest BCUT2D eigenvalue weighted by Crippen LogP contribution is -2.61. The van der Waals surface area contributed by atoms with Gasteiger partial charge in [0.25, 0.3) is 6.01 Å². The molecule has 1 aromatic heterocycles. The maximum Gasteiger partial charge on any atom is 0.298 e. The van der Waals surface area contributed by atoms with E-state index in [-0.39, 0.29) is 0 Å². The van der Waals surface area contributed by atoms with Crippen molar-refractivity contribution in [2.24, 2.45) is 0 Å². The number of nitrogens with zero attached hydrogens (tertiary/aromatic N) is 3. The van der Waals surface area contributed by atoms with Crippen molar-refractivity contribution in [2.45, 2.75) is 6.04 Å². The minimum Gasteiger partial charge on any atom is -0.423 e. The van der Waals surface area contributed by atoms with Crippen LogP contribution in [0.15, 0.2) is 28.7 Å². The number of aromatic nitrogens is 1. The fraction of sp³-hybridized carbons (Fsp3) is 0.500. The van der Waals surface area contributed by atoms with E-state index in [1.165, 1.54) is 0 Å². The molecule has 5 nitrogen and oxygen atoms in total. The Labute approximate surface area is 111 Å². The third-order valence-corrected chi connectivity index (χ3v) is 3.98. The minimum atomic E-state index is 0.624. The fourth-order valence-electron chi connectivity index (χ4n) is 2.78. The van der Waals surface area contributed by atoms with Gasteiger partial charge in [0, 0.05) is 32.2 Å². The largest absolute Gasteiger partial charge is 0.423 e. The van der Waals surface area contributed by atoms with Crippen LogP contribution in [-0.4, -0.2) is 55.3 Å². The predicted molar refractivity (Wildman–Crippen MR) is 72.4 cm³/mol. The molecule has 3 heterocycles. The molecule has 100 valence electrons. The first-order valence-corrected chi connectivity index (χ1v) is 6.82. The first kappa shape index (κ1) is 11.3. The van der Waals surface area contributed by atoms with Crippen LogP contribution in [0.5, 0.6) is 0 Å². The zero-order chi connectivity index (χ0) is 12.7. The Morgan fingerprint density at radius 3 is 2.68 bits per heavy atom. The summed E-state index contributed by atoms with van der Waals surface area (Å²) in [5.41, 5.74) is 1.81. The van der Waals surface area contributed by atoms with Crippen LogP contribution in [-0.2, 0) is 4.74 Å². The lowest BCUT2D eigenvalue weighted by atomic mass is 10.1. The number of hydrogen-bond acceptors (Lipinski definition) is 5. The van der Waals surface area contributed by atoms with Gasteiger partial charge >= 0.3 is 0 Å². The van der Waals surface area contributed by atoms with Gasteiger partial charge in [-0.1, -0.05) is 12.1 Å². The Kier molecular flexibility index (Phi) is 2.67. The Morgan fingerprint density at radius 2 is 1.89 bits per heavy atom. The van der Waals surface area contributed by atoms with Gasteiger partial charge in [-0.05, 0) is 12.1 Å². The molecule has 0 radical (unpaired) electrons. The van der Waals surface area contributed by atoms with E-state index in [9.17, 15) is 0 Å². The van der Waals surface area contributed by atoms with Gasteiger partial charge in [0.15, 0.2) is 5.58 Å². The Morgan fingerprint density at radius 1 is 1.11 bits per heavy atom. The zero-order valence-electron chi connectivity index (χ0n) is 10.8. The molecular weight excluding hydrogens is 242 g/mol. The SMILES string of the molecule is c1ccc2oc(N3CC(N4CCOCC4)C3)nc2c1. The molecule has 2 aromatic rings. The van der Waals surface area contributed by atoms with Crippen molar-refractivity contribution in [3.63, 3.8) is 0 Å². The van der Waals surface area contributed by atoms with E-state index in [4.69, 9.17) is 9.15 Å². The number of hydrogen-bond donors (Lipinski definition) is 0. The maximum atomic E-state index is 5.78. The number of ether oxygens (including phenoxy) is 1. The molecule has 5 heteroatoms. The van der Waals surface area contributed by atoms with E-state index in [0.717, 1.165) is 56.5 Å². The van der Waals surface area contributed by atoms with Gasteiger partial charge in [0.05, 0.1) is 13.2 Å². The molecular formula is C14H17N3O2. The summed E-state index contributed by atoms with van der Waals surface area (Å²) >= 11 is 0. The van der Waals surface area contributed by atoms with Crippen molar-refractivity contribution in [1.82, 2.24) is 9.88 Å². The van der Waals surface area contributed by atoms with Crippen LogP contribution < -0.4 is 4.90 Å². The third-order valence-electron chi connectivity index (χ3n) is 3.98. The Balaban J connectivity index is 1.44. The van der Waals surface area contributed by atoms with Crippen LogP contribution in [0.1, 0.15) is 0 Å². The van der Waals surface area contributed by atoms with Crippen LogP contribution in [0.2, 0.25) is 0 Å². The van der Waals surface area contributed by atoms with E-state index in [0.29, 0.717) is 6.04 Å². The van der Waals surface area contributed by atoms with E-state index in [1.54, 1.807) is 0 Å². The molecule has 0 N–H and O–H groups in total. The molecule has 0 atom stereocenters. The van der Waals surface area contributed by atoms with Crippen molar-refractivity contribution < 1.29 is 9.15 Å². The van der Waals surface area contributed by atoms with Gasteiger partial charge in [-0.25, -0.2) is 0 Å². The Bertz CT molecular complexity index is 538. The number of fused-ring (bicyclic) bond motifs is 1. The molecule has 1 aromatic carbocycles. The highest BCUT2D eigenvalue weighted by atomic mass is 16.5. The van der Waals surface area contributed by atoms with Gasteiger partial charge in [-0.15, -0.1) is 0 Å². The molecule has 2 aliphatic rings. The van der Waals surface area contributed by atoms with Gasteiger partial charge in [0.2, 0.25) is 0 Å². The second-order valence-electron chi connectivity index (χ2n) is 5.17. The number of para-hydroxylation sites is 2. The number of anilines is 1. The highest BCUT2D eigenvalue weighted by Gasteiger charge is 2.34. The summed E-state index contributed by atoms with van der Waals surface area (Å²) in [6.07, 6.45) is 0. The van der Waals surface area contributed by atoms with Gasteiger partial charge in [0.1, 0.15) is 5.52 Å². The van der Waals surface area contributed by atoms with Gasteiger partial charge in [-0.2, -0.15) is 4.98 Å². The molecule has 2 saturated heterocycles. The maximum absolute atomic E-state index is 5.78. The smallest absolute Gasteiger partial charge is 0.298 e. The average Bonchev–Trinajstić information content (AvgIpc) is 2.81. The normalized spacial score (nSPS) is 21.8. The highest BCUT2D eigenvalue weighted by Crippen LogP contribution is 2.27. The van der Waals surface area contributed by atoms with Gasteiger partial charge in [-0.3, -0.25) is 4.90 Å². The third kappa shape index (κ3) is 1.99. The first-order chi connectivity index (χ1) is 9.40. The highest BCUT2D eigenvalue weighted by molar-refractivity contribution is 5.74. The quantitative estimate of drug-likeness (QED) is 0.814. The van der Waals surface area contributed by atoms with Crippen LogP contribution >= 0.6 is 0 Å². The van der Waals surface area contributed by atoms with E-state index in [1.807, 2.05) is 24.3 Å². The summed E-state index contributed by atoms with van der Waals surface area (Å²) in [5, 5.41) is 0. The molecule has 0 aliphatic carbocycles. The summed E-state index contributed by atoms with van der Waals surface area (Å²) in [6, 6.07) is 9.29. The molecule has 0 amide bonds. The van der Waals surface area contributed by atoms with Gasteiger partial charge < -0.3 is 14.1 Å². The molecule has 2 aliphatic heterocycles. The molecule has 4 rings (SSSR count). The first-order valence-electron chi connectivity index (χ1n) is 6.82. The topological polar surface area (TPSA) is 41.7 Å². The molecule has 0 saturated carbocycles. The van der Waals surface area contributed by atoms with Crippen LogP contribution in [0.25, 0.3) is 11.1 Å². The van der Waals surface area contributed by atoms with Crippen molar-refractivity contribution in [1.29, 1.82) is 0 Å². The second kappa shape index (κ2) is 4.51. The number of rotatable bonds is 2. The van der Waals surface area contributed by atoms with E-state index < -0.39 is 0 Å². The molecule has 0 spiro atoms. The molecule has 19 heavy (non-hydrogen) atoms. The van der Waals surface area contributed by atoms with Crippen molar-refractivity contribution >= 4 is 17.1 Å². The Hall–Kier alpha value is -1.59. The van der Waals surface area contributed by atoms with Crippen molar-refractivity contribution in [3.05, 3.63) is 24.3 Å². The second-order valence-corrected chi connectivity index (χ2v) is 5.17. The summed E-state index contributed by atoms with van der Waals surface area (Å²) < 4.78 is 11.2. The standard InChI is InChI=1S/C14H17N3O2/c1-2-4-13-12(3-1)15-14(19-13)17-9-11(10-17)16-5-7-18-8-6-16/h1-4,11H,5-10H2. The summed E-state index contributed by atoms with van der Waals surface area (Å²) in [4.78, 5) is 9.24. The molecule has 2 fully saturated rings. The van der Waals surface area contributed by atoms with Crippen molar-refractivity contribution in [2.75, 3.05) is 44.3 Å². The minimum absolute atomic E-state index is 0.624. The summed E-state index contributed by atoms with van der Waals surface area (Å²) in [6.45, 7) is 5.83. The van der Waals surface area contributed by atoms with Crippen LogP contribution in [0.3, 0.4) is 0 Å². The van der Waals surface area contributed by atoms with Crippen molar-refractivity contribution in [3.8, 4) is 0 Å². The molecule has 0 unspecified atom stereocenters. The number of morpholine rings is 1. The monoisotopic (exact) mass is 259 g/mol. The predicted octanol–water partition coefficient (Wildman–Crippen LogP) is 1.35. The summed E-state index contributed by atoms with van der Waals surface area (Å²) in [5.74, 6) is 0. The summed E-state index contributed by atoms with van der Waals surface area (Å²) in [7, 11) is 0. The van der Waals surface area contributed by atoms with Crippen LogP contribution in [0, 0.1) is 0 Å². The molecule has 0 bridgehead atoms. The van der Waals surface area contributed by atoms with E-state index in [2.05, 4.69) is 14.8 Å². The zero-order valence-corrected chi connectivity index (χ0v) is 10.8. The fourth-order valence-corrected chi connectivity index (χ4v) is 2.78. The van der Waals surface area contributed by atoms with E-state index >= 15 is 0 Å². The number of oxazole rings is 1.